The van der Waals surface area contributed by atoms with E-state index in [1.54, 1.807) is 0 Å². The van der Waals surface area contributed by atoms with Crippen LogP contribution in [0.1, 0.15) is 16.8 Å². The van der Waals surface area contributed by atoms with E-state index in [0.29, 0.717) is 41.7 Å². The van der Waals surface area contributed by atoms with E-state index in [4.69, 9.17) is 11.7 Å². The van der Waals surface area contributed by atoms with Gasteiger partial charge in [-0.15, -0.1) is 0 Å². The molecule has 1 unspecified atom stereocenters. The van der Waals surface area contributed by atoms with Crippen LogP contribution < -0.4 is 11.7 Å². The van der Waals surface area contributed by atoms with Crippen molar-refractivity contribution in [1.29, 1.82) is 0 Å². The normalized spacial score (nSPS) is 14.6. The van der Waals surface area contributed by atoms with Gasteiger partial charge in [-0.25, -0.2) is 19.6 Å². The number of hydrogen-bond acceptors (Lipinski definition) is 5. The summed E-state index contributed by atoms with van der Waals surface area (Å²) in [5.74, 6) is 3.47. The fourth-order valence-electron chi connectivity index (χ4n) is 3.26. The lowest BCUT2D eigenvalue weighted by atomic mass is 9.84. The van der Waals surface area contributed by atoms with Crippen LogP contribution in [0, 0.1) is 11.6 Å². The van der Waals surface area contributed by atoms with Crippen LogP contribution in [0.4, 0.5) is 30.7 Å². The number of aliphatic hydroxyl groups is 1. The SMILES string of the molecule is N/N=C\N(N)CC(O)(c1ccc(F)cc1F)C(F)(F)c1ccc2cc(C(F)(F)F)ccc2n1. The number of hydrazine groups is 1. The number of halogens is 7. The summed E-state index contributed by atoms with van der Waals surface area (Å²) < 4.78 is 97.8. The first-order valence-corrected chi connectivity index (χ1v) is 9.08. The number of alkyl halides is 5. The topological polar surface area (TPSA) is 101 Å². The highest BCUT2D eigenvalue weighted by molar-refractivity contribution is 5.79. The molecule has 5 N–H and O–H groups in total. The van der Waals surface area contributed by atoms with Crippen molar-refractivity contribution in [2.75, 3.05) is 6.54 Å². The Kier molecular flexibility index (Phi) is 6.22. The minimum absolute atomic E-state index is 0.100. The van der Waals surface area contributed by atoms with E-state index < -0.39 is 52.7 Å². The molecule has 1 heterocycles. The zero-order chi connectivity index (χ0) is 24.6. The molecule has 0 aliphatic heterocycles. The summed E-state index contributed by atoms with van der Waals surface area (Å²) in [4.78, 5) is 3.67. The maximum absolute atomic E-state index is 15.7. The second-order valence-electron chi connectivity index (χ2n) is 7.10. The van der Waals surface area contributed by atoms with Crippen molar-refractivity contribution < 1.29 is 35.8 Å². The number of pyridine rings is 1. The number of aromatic nitrogens is 1. The number of hydrazone groups is 1. The molecule has 33 heavy (non-hydrogen) atoms. The number of benzene rings is 2. The largest absolute Gasteiger partial charge is 0.416 e. The molecule has 3 aromatic rings. The first-order valence-electron chi connectivity index (χ1n) is 9.08. The van der Waals surface area contributed by atoms with Crippen LogP contribution in [-0.4, -0.2) is 28.0 Å². The van der Waals surface area contributed by atoms with Crippen molar-refractivity contribution in [1.82, 2.24) is 9.99 Å². The van der Waals surface area contributed by atoms with E-state index in [1.165, 1.54) is 0 Å². The van der Waals surface area contributed by atoms with Crippen molar-refractivity contribution in [2.45, 2.75) is 17.7 Å². The molecule has 0 amide bonds. The Morgan fingerprint density at radius 1 is 1.00 bits per heavy atom. The molecule has 0 bridgehead atoms. The fourth-order valence-corrected chi connectivity index (χ4v) is 3.26. The molecule has 0 spiro atoms. The molecule has 0 aliphatic carbocycles. The van der Waals surface area contributed by atoms with Gasteiger partial charge in [0.15, 0.2) is 5.60 Å². The lowest BCUT2D eigenvalue weighted by molar-refractivity contribution is -0.203. The summed E-state index contributed by atoms with van der Waals surface area (Å²) in [6.07, 6.45) is -3.98. The van der Waals surface area contributed by atoms with Gasteiger partial charge in [0.25, 0.3) is 0 Å². The maximum atomic E-state index is 15.7. The molecule has 1 aromatic heterocycles. The van der Waals surface area contributed by atoms with Gasteiger partial charge in [-0.2, -0.15) is 27.1 Å². The monoisotopic (exact) mass is 475 g/mol. The van der Waals surface area contributed by atoms with E-state index in [-0.39, 0.29) is 10.9 Å². The number of hydrogen-bond donors (Lipinski definition) is 3. The van der Waals surface area contributed by atoms with Crippen LogP contribution in [-0.2, 0) is 17.7 Å². The Morgan fingerprint density at radius 2 is 1.70 bits per heavy atom. The smallest absolute Gasteiger partial charge is 0.377 e. The second kappa shape index (κ2) is 8.48. The van der Waals surface area contributed by atoms with Gasteiger partial charge in [-0.3, -0.25) is 5.01 Å². The van der Waals surface area contributed by atoms with Gasteiger partial charge in [0.05, 0.1) is 17.6 Å². The van der Waals surface area contributed by atoms with E-state index in [0.717, 1.165) is 18.2 Å². The lowest BCUT2D eigenvalue weighted by Gasteiger charge is -2.38. The van der Waals surface area contributed by atoms with Crippen LogP contribution in [0.15, 0.2) is 53.6 Å². The summed E-state index contributed by atoms with van der Waals surface area (Å²) in [6.45, 7) is -1.17. The van der Waals surface area contributed by atoms with Crippen LogP contribution in [0.25, 0.3) is 10.9 Å². The molecule has 2 aromatic carbocycles. The van der Waals surface area contributed by atoms with E-state index in [1.807, 2.05) is 0 Å². The molecular formula is C20H16F7N5O. The Labute approximate surface area is 181 Å². The molecule has 0 saturated heterocycles. The standard InChI is InChI=1S/C20H16F7N5O/c21-13-3-4-14(15(22)8-13)18(33,9-32(29)10-30-28)19(23,24)17-6-1-11-7-12(20(25,26)27)2-5-16(11)31-17/h1-8,10,33H,9,28-29H2/b30-10-. The average molecular weight is 475 g/mol. The van der Waals surface area contributed by atoms with E-state index >= 15 is 8.78 Å². The zero-order valence-corrected chi connectivity index (χ0v) is 16.5. The molecule has 1 atom stereocenters. The Hall–Kier alpha value is -3.45. The van der Waals surface area contributed by atoms with Crippen molar-refractivity contribution in [2.24, 2.45) is 16.8 Å². The van der Waals surface area contributed by atoms with Crippen LogP contribution >= 0.6 is 0 Å². The van der Waals surface area contributed by atoms with Crippen LogP contribution in [0.5, 0.6) is 0 Å². The Bertz CT molecular complexity index is 1200. The van der Waals surface area contributed by atoms with Gasteiger partial charge in [-0.05, 0) is 36.4 Å². The summed E-state index contributed by atoms with van der Waals surface area (Å²) in [5.41, 5.74) is -6.78. The molecule has 0 aliphatic rings. The Balaban J connectivity index is 2.17. The molecular weight excluding hydrogens is 459 g/mol. The van der Waals surface area contributed by atoms with Gasteiger partial charge >= 0.3 is 12.1 Å². The van der Waals surface area contributed by atoms with Crippen LogP contribution in [0.2, 0.25) is 0 Å². The maximum Gasteiger partial charge on any atom is 0.416 e. The summed E-state index contributed by atoms with van der Waals surface area (Å²) >= 11 is 0. The lowest BCUT2D eigenvalue weighted by Crippen LogP contribution is -2.53. The predicted octanol–water partition coefficient (Wildman–Crippen LogP) is 3.59. The molecule has 13 heteroatoms. The quantitative estimate of drug-likeness (QED) is 0.166. The third kappa shape index (κ3) is 4.54. The number of nitrogens with zero attached hydrogens (tertiary/aromatic N) is 3. The summed E-state index contributed by atoms with van der Waals surface area (Å²) in [6, 6.07) is 5.45. The zero-order valence-electron chi connectivity index (χ0n) is 16.5. The third-order valence-electron chi connectivity index (χ3n) is 4.86. The Morgan fingerprint density at radius 3 is 2.30 bits per heavy atom. The highest BCUT2D eigenvalue weighted by Gasteiger charge is 2.58. The number of fused-ring (bicyclic) bond motifs is 1. The van der Waals surface area contributed by atoms with E-state index in [9.17, 15) is 27.1 Å². The van der Waals surface area contributed by atoms with Gasteiger partial charge in [0, 0.05) is 17.0 Å². The minimum atomic E-state index is -4.66. The highest BCUT2D eigenvalue weighted by Crippen LogP contribution is 2.46. The van der Waals surface area contributed by atoms with Gasteiger partial charge in [0.2, 0.25) is 0 Å². The van der Waals surface area contributed by atoms with Crippen LogP contribution in [0.3, 0.4) is 0 Å². The van der Waals surface area contributed by atoms with Gasteiger partial charge in [-0.1, -0.05) is 6.07 Å². The molecule has 176 valence electrons. The third-order valence-corrected chi connectivity index (χ3v) is 4.86. The highest BCUT2D eigenvalue weighted by atomic mass is 19.4. The average Bonchev–Trinajstić information content (AvgIpc) is 2.72. The number of rotatable bonds is 6. The molecule has 0 fully saturated rings. The van der Waals surface area contributed by atoms with E-state index in [2.05, 4.69) is 10.1 Å². The molecule has 0 saturated carbocycles. The first kappa shape index (κ1) is 24.2. The fraction of sp³-hybridized carbons (Fsp3) is 0.200. The van der Waals surface area contributed by atoms with Gasteiger partial charge in [0.1, 0.15) is 23.7 Å². The van der Waals surface area contributed by atoms with Gasteiger partial charge < -0.3 is 10.9 Å². The molecule has 0 radical (unpaired) electrons. The summed E-state index contributed by atoms with van der Waals surface area (Å²) in [7, 11) is 0. The first-order chi connectivity index (χ1) is 15.3. The molecule has 6 nitrogen and oxygen atoms in total. The minimum Gasteiger partial charge on any atom is -0.377 e. The van der Waals surface area contributed by atoms with Crippen molar-refractivity contribution in [3.8, 4) is 0 Å². The molecule has 3 rings (SSSR count). The van der Waals surface area contributed by atoms with Crippen molar-refractivity contribution in [3.05, 3.63) is 77.0 Å². The predicted molar refractivity (Wildman–Crippen MR) is 104 cm³/mol. The second-order valence-corrected chi connectivity index (χ2v) is 7.10. The van der Waals surface area contributed by atoms with Crippen molar-refractivity contribution in [3.63, 3.8) is 0 Å². The van der Waals surface area contributed by atoms with Crippen molar-refractivity contribution >= 4 is 17.2 Å². The number of nitrogens with two attached hydrogens (primary N) is 2. The summed E-state index contributed by atoms with van der Waals surface area (Å²) in [5, 5.41) is 14.4.